The Morgan fingerprint density at radius 1 is 0.967 bits per heavy atom. The third-order valence-corrected chi connectivity index (χ3v) is 4.91. The molecule has 0 spiro atoms. The summed E-state index contributed by atoms with van der Waals surface area (Å²) < 4.78 is 15.9. The largest absolute Gasteiger partial charge is 0.496 e. The highest BCUT2D eigenvalue weighted by Crippen LogP contribution is 2.29. The SMILES string of the molecule is COc1cc(C(=O)Nc2ccc(NC(=O)CN3CCOCC3)cc2)cc(OC)c1C. The Morgan fingerprint density at radius 2 is 1.50 bits per heavy atom. The molecule has 1 saturated heterocycles. The number of hydrogen-bond donors (Lipinski definition) is 2. The van der Waals surface area contributed by atoms with E-state index < -0.39 is 0 Å². The van der Waals surface area contributed by atoms with E-state index in [1.54, 1.807) is 50.6 Å². The molecule has 0 unspecified atom stereocenters. The summed E-state index contributed by atoms with van der Waals surface area (Å²) in [4.78, 5) is 26.9. The van der Waals surface area contributed by atoms with Crippen molar-refractivity contribution in [3.8, 4) is 11.5 Å². The normalized spacial score (nSPS) is 14.1. The molecule has 0 aromatic heterocycles. The van der Waals surface area contributed by atoms with E-state index in [0.717, 1.165) is 18.7 Å². The lowest BCUT2D eigenvalue weighted by Crippen LogP contribution is -2.41. The fourth-order valence-corrected chi connectivity index (χ4v) is 3.22. The molecule has 1 heterocycles. The number of methoxy groups -OCH3 is 2. The number of benzene rings is 2. The number of nitrogens with zero attached hydrogens (tertiary/aromatic N) is 1. The molecule has 160 valence electrons. The molecule has 1 aliphatic rings. The van der Waals surface area contributed by atoms with Gasteiger partial charge in [0, 0.05) is 35.6 Å². The Balaban J connectivity index is 1.60. The molecule has 2 aromatic rings. The summed E-state index contributed by atoms with van der Waals surface area (Å²) in [7, 11) is 3.10. The van der Waals surface area contributed by atoms with Gasteiger partial charge in [-0.2, -0.15) is 0 Å². The van der Waals surface area contributed by atoms with E-state index in [4.69, 9.17) is 14.2 Å². The molecule has 1 aliphatic heterocycles. The van der Waals surface area contributed by atoms with Crippen LogP contribution in [0.5, 0.6) is 11.5 Å². The van der Waals surface area contributed by atoms with Crippen LogP contribution in [0.2, 0.25) is 0 Å². The third kappa shape index (κ3) is 5.49. The van der Waals surface area contributed by atoms with Crippen LogP contribution in [-0.2, 0) is 9.53 Å². The Morgan fingerprint density at radius 3 is 2.03 bits per heavy atom. The van der Waals surface area contributed by atoms with Crippen molar-refractivity contribution in [3.05, 3.63) is 47.5 Å². The molecule has 8 heteroatoms. The summed E-state index contributed by atoms with van der Waals surface area (Å²) in [5.74, 6) is 0.805. The molecule has 0 aliphatic carbocycles. The summed E-state index contributed by atoms with van der Waals surface area (Å²) in [5, 5.41) is 5.71. The molecule has 0 saturated carbocycles. The van der Waals surface area contributed by atoms with Gasteiger partial charge in [-0.25, -0.2) is 0 Å². The molecule has 2 N–H and O–H groups in total. The number of amides is 2. The van der Waals surface area contributed by atoms with Crippen molar-refractivity contribution in [1.82, 2.24) is 4.90 Å². The van der Waals surface area contributed by atoms with Gasteiger partial charge in [-0.3, -0.25) is 14.5 Å². The molecule has 8 nitrogen and oxygen atoms in total. The summed E-state index contributed by atoms with van der Waals surface area (Å²) >= 11 is 0. The summed E-state index contributed by atoms with van der Waals surface area (Å²) in [6.07, 6.45) is 0. The van der Waals surface area contributed by atoms with Gasteiger partial charge in [-0.15, -0.1) is 0 Å². The lowest BCUT2D eigenvalue weighted by atomic mass is 10.1. The summed E-state index contributed by atoms with van der Waals surface area (Å²) in [5.41, 5.74) is 2.54. The van der Waals surface area contributed by atoms with Crippen LogP contribution < -0.4 is 20.1 Å². The van der Waals surface area contributed by atoms with E-state index in [1.165, 1.54) is 0 Å². The van der Waals surface area contributed by atoms with E-state index >= 15 is 0 Å². The number of nitrogens with one attached hydrogen (secondary N) is 2. The molecular formula is C22H27N3O5. The highest BCUT2D eigenvalue weighted by Gasteiger charge is 2.15. The maximum atomic E-state index is 12.6. The highest BCUT2D eigenvalue weighted by molar-refractivity contribution is 6.05. The fraction of sp³-hybridized carbons (Fsp3) is 0.364. The summed E-state index contributed by atoms with van der Waals surface area (Å²) in [6.45, 7) is 5.02. The van der Waals surface area contributed by atoms with E-state index in [0.29, 0.717) is 48.2 Å². The molecule has 2 amide bonds. The van der Waals surface area contributed by atoms with E-state index in [-0.39, 0.29) is 11.8 Å². The van der Waals surface area contributed by atoms with Crippen molar-refractivity contribution < 1.29 is 23.8 Å². The first kappa shape index (κ1) is 21.6. The van der Waals surface area contributed by atoms with Crippen molar-refractivity contribution >= 4 is 23.2 Å². The smallest absolute Gasteiger partial charge is 0.255 e. The van der Waals surface area contributed by atoms with Crippen molar-refractivity contribution in [2.24, 2.45) is 0 Å². The molecule has 3 rings (SSSR count). The van der Waals surface area contributed by atoms with Crippen LogP contribution in [0.4, 0.5) is 11.4 Å². The zero-order valence-corrected chi connectivity index (χ0v) is 17.5. The minimum absolute atomic E-state index is 0.0764. The van der Waals surface area contributed by atoms with Crippen LogP contribution in [0.15, 0.2) is 36.4 Å². The monoisotopic (exact) mass is 413 g/mol. The standard InChI is InChI=1S/C22H27N3O5/c1-15-19(28-2)12-16(13-20(15)29-3)22(27)24-18-6-4-17(5-7-18)23-21(26)14-25-8-10-30-11-9-25/h4-7,12-13H,8-11,14H2,1-3H3,(H,23,26)(H,24,27). The lowest BCUT2D eigenvalue weighted by Gasteiger charge is -2.25. The average molecular weight is 413 g/mol. The topological polar surface area (TPSA) is 89.1 Å². The van der Waals surface area contributed by atoms with Gasteiger partial charge >= 0.3 is 0 Å². The maximum Gasteiger partial charge on any atom is 0.255 e. The van der Waals surface area contributed by atoms with E-state index in [2.05, 4.69) is 15.5 Å². The third-order valence-electron chi connectivity index (χ3n) is 4.91. The van der Waals surface area contributed by atoms with Gasteiger partial charge in [0.05, 0.1) is 34.0 Å². The predicted molar refractivity (Wildman–Crippen MR) is 115 cm³/mol. The number of carbonyl (C=O) groups is 2. The zero-order chi connectivity index (χ0) is 21.5. The van der Waals surface area contributed by atoms with Crippen molar-refractivity contribution in [2.75, 3.05) is 57.7 Å². The minimum Gasteiger partial charge on any atom is -0.496 e. The molecule has 0 atom stereocenters. The van der Waals surface area contributed by atoms with Gasteiger partial charge in [0.1, 0.15) is 11.5 Å². The number of ether oxygens (including phenoxy) is 3. The first-order valence-electron chi connectivity index (χ1n) is 9.74. The second kappa shape index (κ2) is 10.1. The molecule has 2 aromatic carbocycles. The predicted octanol–water partition coefficient (Wildman–Crippen LogP) is 2.54. The Hall–Kier alpha value is -3.10. The van der Waals surface area contributed by atoms with Gasteiger partial charge in [-0.1, -0.05) is 0 Å². The van der Waals surface area contributed by atoms with Crippen molar-refractivity contribution in [1.29, 1.82) is 0 Å². The van der Waals surface area contributed by atoms with Crippen molar-refractivity contribution in [3.63, 3.8) is 0 Å². The number of carbonyl (C=O) groups excluding carboxylic acids is 2. The number of anilines is 2. The fourth-order valence-electron chi connectivity index (χ4n) is 3.22. The Bertz CT molecular complexity index is 867. The number of hydrogen-bond acceptors (Lipinski definition) is 6. The van der Waals surface area contributed by atoms with Crippen molar-refractivity contribution in [2.45, 2.75) is 6.92 Å². The van der Waals surface area contributed by atoms with Gasteiger partial charge < -0.3 is 24.8 Å². The van der Waals surface area contributed by atoms with Gasteiger partial charge in [0.2, 0.25) is 5.91 Å². The number of rotatable bonds is 7. The van der Waals surface area contributed by atoms with E-state index in [9.17, 15) is 9.59 Å². The molecular weight excluding hydrogens is 386 g/mol. The van der Waals surface area contributed by atoms with Gasteiger partial charge in [0.25, 0.3) is 5.91 Å². The first-order valence-corrected chi connectivity index (χ1v) is 9.74. The van der Waals surface area contributed by atoms with Crippen LogP contribution >= 0.6 is 0 Å². The Kier molecular flexibility index (Phi) is 7.26. The quantitative estimate of drug-likeness (QED) is 0.725. The molecule has 0 radical (unpaired) electrons. The molecule has 1 fully saturated rings. The highest BCUT2D eigenvalue weighted by atomic mass is 16.5. The second-order valence-electron chi connectivity index (χ2n) is 6.97. The average Bonchev–Trinajstić information content (AvgIpc) is 2.76. The second-order valence-corrected chi connectivity index (χ2v) is 6.97. The van der Waals surface area contributed by atoms with Crippen LogP contribution in [0.1, 0.15) is 15.9 Å². The van der Waals surface area contributed by atoms with Gasteiger partial charge in [-0.05, 0) is 43.3 Å². The maximum absolute atomic E-state index is 12.6. The summed E-state index contributed by atoms with van der Waals surface area (Å²) in [6, 6.07) is 10.3. The van der Waals surface area contributed by atoms with Crippen LogP contribution in [0, 0.1) is 6.92 Å². The van der Waals surface area contributed by atoms with Gasteiger partial charge in [0.15, 0.2) is 0 Å². The zero-order valence-electron chi connectivity index (χ0n) is 17.5. The first-order chi connectivity index (χ1) is 14.5. The molecule has 0 bridgehead atoms. The number of morpholine rings is 1. The van der Waals surface area contributed by atoms with Crippen LogP contribution in [-0.4, -0.2) is 63.8 Å². The lowest BCUT2D eigenvalue weighted by molar-refractivity contribution is -0.118. The van der Waals surface area contributed by atoms with Crippen LogP contribution in [0.3, 0.4) is 0 Å². The minimum atomic E-state index is -0.282. The van der Waals surface area contributed by atoms with E-state index in [1.807, 2.05) is 6.92 Å². The van der Waals surface area contributed by atoms with Crippen LogP contribution in [0.25, 0.3) is 0 Å². The Labute approximate surface area is 176 Å². The molecule has 30 heavy (non-hydrogen) atoms.